The average molecular weight is 242 g/mol. The number of hydrogen-bond acceptors (Lipinski definition) is 2. The first kappa shape index (κ1) is 13.2. The summed E-state index contributed by atoms with van der Waals surface area (Å²) in [6, 6.07) is 3.08. The van der Waals surface area contributed by atoms with Crippen molar-refractivity contribution in [2.24, 2.45) is 0 Å². The van der Waals surface area contributed by atoms with Gasteiger partial charge >= 0.3 is 12.6 Å². The maximum atomic E-state index is 12.1. The molecule has 0 heterocycles. The van der Waals surface area contributed by atoms with Gasteiger partial charge in [-0.3, -0.25) is 0 Å². The molecule has 1 aromatic rings. The van der Waals surface area contributed by atoms with Crippen molar-refractivity contribution >= 4 is 12.0 Å². The van der Waals surface area contributed by atoms with Gasteiger partial charge in [0, 0.05) is 6.08 Å². The molecular weight excluding hydrogens is 230 g/mol. The Morgan fingerprint density at radius 2 is 2.06 bits per heavy atom. The highest BCUT2D eigenvalue weighted by Gasteiger charge is 2.09. The van der Waals surface area contributed by atoms with Gasteiger partial charge in [0.15, 0.2) is 0 Å². The van der Waals surface area contributed by atoms with Crippen LogP contribution in [0.15, 0.2) is 18.2 Å². The fraction of sp³-hybridized carbons (Fsp3) is 0.250. The van der Waals surface area contributed by atoms with Gasteiger partial charge in [-0.15, -0.1) is 0 Å². The first-order chi connectivity index (χ1) is 7.90. The zero-order valence-electron chi connectivity index (χ0n) is 9.41. The van der Waals surface area contributed by atoms with Crippen molar-refractivity contribution in [1.82, 2.24) is 0 Å². The van der Waals surface area contributed by atoms with Crippen molar-refractivity contribution in [2.45, 2.75) is 20.5 Å². The number of hydrogen-bond donors (Lipinski definition) is 1. The zero-order chi connectivity index (χ0) is 13.0. The Kier molecular flexibility index (Phi) is 4.20. The van der Waals surface area contributed by atoms with Crippen LogP contribution in [0.3, 0.4) is 0 Å². The third-order valence-electron chi connectivity index (χ3n) is 2.28. The highest BCUT2D eigenvalue weighted by Crippen LogP contribution is 2.25. The van der Waals surface area contributed by atoms with E-state index in [9.17, 15) is 13.6 Å². The maximum absolute atomic E-state index is 12.1. The maximum Gasteiger partial charge on any atom is 0.387 e. The van der Waals surface area contributed by atoms with Crippen molar-refractivity contribution < 1.29 is 23.4 Å². The smallest absolute Gasteiger partial charge is 0.387 e. The molecule has 5 heteroatoms. The predicted octanol–water partition coefficient (Wildman–Crippen LogP) is 3.00. The molecule has 0 bridgehead atoms. The van der Waals surface area contributed by atoms with Gasteiger partial charge in [-0.05, 0) is 42.7 Å². The number of carbonyl (C=O) groups is 1. The lowest BCUT2D eigenvalue weighted by Crippen LogP contribution is -2.04. The van der Waals surface area contributed by atoms with Crippen molar-refractivity contribution in [3.63, 3.8) is 0 Å². The summed E-state index contributed by atoms with van der Waals surface area (Å²) in [7, 11) is 0. The summed E-state index contributed by atoms with van der Waals surface area (Å²) in [6.45, 7) is 0.510. The van der Waals surface area contributed by atoms with E-state index in [0.717, 1.165) is 11.6 Å². The van der Waals surface area contributed by atoms with Gasteiger partial charge in [0.1, 0.15) is 5.75 Å². The molecule has 0 fully saturated rings. The molecule has 0 saturated heterocycles. The molecule has 0 amide bonds. The number of alkyl halides is 2. The van der Waals surface area contributed by atoms with E-state index < -0.39 is 12.6 Å². The van der Waals surface area contributed by atoms with Crippen LogP contribution in [0.2, 0.25) is 0 Å². The summed E-state index contributed by atoms with van der Waals surface area (Å²) in [5.41, 5.74) is 1.87. The highest BCUT2D eigenvalue weighted by molar-refractivity contribution is 5.85. The van der Waals surface area contributed by atoms with Gasteiger partial charge < -0.3 is 9.84 Å². The van der Waals surface area contributed by atoms with E-state index in [2.05, 4.69) is 4.74 Å². The SMILES string of the molecule is Cc1cc(/C=C/C(=O)O)cc(OC(F)F)c1C. The minimum absolute atomic E-state index is 0.0602. The molecule has 1 rings (SSSR count). The molecule has 0 aliphatic carbocycles. The van der Waals surface area contributed by atoms with Crippen molar-refractivity contribution in [1.29, 1.82) is 0 Å². The van der Waals surface area contributed by atoms with Crippen LogP contribution >= 0.6 is 0 Å². The second-order valence-electron chi connectivity index (χ2n) is 3.51. The number of aryl methyl sites for hydroxylation is 1. The van der Waals surface area contributed by atoms with Crippen LogP contribution in [0.25, 0.3) is 6.08 Å². The normalized spacial score (nSPS) is 11.1. The quantitative estimate of drug-likeness (QED) is 0.825. The Hall–Kier alpha value is -1.91. The number of ether oxygens (including phenoxy) is 1. The first-order valence-corrected chi connectivity index (χ1v) is 4.87. The second-order valence-corrected chi connectivity index (χ2v) is 3.51. The van der Waals surface area contributed by atoms with E-state index in [1.165, 1.54) is 12.1 Å². The summed E-state index contributed by atoms with van der Waals surface area (Å²) in [6.07, 6.45) is 2.27. The van der Waals surface area contributed by atoms with Crippen LogP contribution in [-0.2, 0) is 4.79 Å². The lowest BCUT2D eigenvalue weighted by Gasteiger charge is -2.11. The molecule has 0 aromatic heterocycles. The number of aliphatic carboxylic acids is 1. The summed E-state index contributed by atoms with van der Waals surface area (Å²) >= 11 is 0. The molecular formula is C12H12F2O3. The number of benzene rings is 1. The molecule has 17 heavy (non-hydrogen) atoms. The predicted molar refractivity (Wildman–Crippen MR) is 59.2 cm³/mol. The number of carboxylic acids is 1. The fourth-order valence-electron chi connectivity index (χ4n) is 1.34. The summed E-state index contributed by atoms with van der Waals surface area (Å²) < 4.78 is 28.6. The lowest BCUT2D eigenvalue weighted by molar-refractivity contribution is -0.131. The molecule has 0 spiro atoms. The molecule has 0 aliphatic rings. The Labute approximate surface area is 97.3 Å². The molecule has 0 unspecified atom stereocenters. The van der Waals surface area contributed by atoms with Gasteiger partial charge in [0.05, 0.1) is 0 Å². The first-order valence-electron chi connectivity index (χ1n) is 4.87. The summed E-state index contributed by atoms with van der Waals surface area (Å²) in [5.74, 6) is -1.04. The minimum atomic E-state index is -2.90. The van der Waals surface area contributed by atoms with E-state index in [1.807, 2.05) is 0 Å². The highest BCUT2D eigenvalue weighted by atomic mass is 19.3. The molecule has 1 aromatic carbocycles. The molecule has 0 radical (unpaired) electrons. The zero-order valence-corrected chi connectivity index (χ0v) is 9.41. The van der Waals surface area contributed by atoms with Gasteiger partial charge in [-0.2, -0.15) is 8.78 Å². The minimum Gasteiger partial charge on any atom is -0.478 e. The Morgan fingerprint density at radius 3 is 2.59 bits per heavy atom. The molecule has 3 nitrogen and oxygen atoms in total. The van der Waals surface area contributed by atoms with Crippen molar-refractivity contribution in [3.05, 3.63) is 34.9 Å². The molecule has 0 atom stereocenters. The monoisotopic (exact) mass is 242 g/mol. The molecule has 92 valence electrons. The van der Waals surface area contributed by atoms with Gasteiger partial charge in [-0.25, -0.2) is 4.79 Å². The van der Waals surface area contributed by atoms with E-state index >= 15 is 0 Å². The van der Waals surface area contributed by atoms with E-state index in [4.69, 9.17) is 5.11 Å². The van der Waals surface area contributed by atoms with E-state index in [0.29, 0.717) is 11.1 Å². The Bertz CT molecular complexity index is 453. The van der Waals surface area contributed by atoms with Gasteiger partial charge in [0.2, 0.25) is 0 Å². The lowest BCUT2D eigenvalue weighted by atomic mass is 10.0. The Morgan fingerprint density at radius 1 is 1.41 bits per heavy atom. The van der Waals surface area contributed by atoms with Crippen LogP contribution < -0.4 is 4.74 Å². The third kappa shape index (κ3) is 3.86. The van der Waals surface area contributed by atoms with E-state index in [-0.39, 0.29) is 5.75 Å². The summed E-state index contributed by atoms with van der Waals surface area (Å²) in [4.78, 5) is 10.3. The van der Waals surface area contributed by atoms with E-state index in [1.54, 1.807) is 19.9 Å². The largest absolute Gasteiger partial charge is 0.478 e. The third-order valence-corrected chi connectivity index (χ3v) is 2.28. The van der Waals surface area contributed by atoms with Crippen LogP contribution in [0, 0.1) is 13.8 Å². The van der Waals surface area contributed by atoms with Crippen molar-refractivity contribution in [2.75, 3.05) is 0 Å². The van der Waals surface area contributed by atoms with Crippen LogP contribution in [0.4, 0.5) is 8.78 Å². The molecule has 0 saturated carbocycles. The van der Waals surface area contributed by atoms with Gasteiger partial charge in [-0.1, -0.05) is 6.07 Å². The van der Waals surface area contributed by atoms with Gasteiger partial charge in [0.25, 0.3) is 0 Å². The molecule has 1 N–H and O–H groups in total. The Balaban J connectivity index is 3.09. The van der Waals surface area contributed by atoms with Crippen LogP contribution in [0.1, 0.15) is 16.7 Å². The van der Waals surface area contributed by atoms with Crippen molar-refractivity contribution in [3.8, 4) is 5.75 Å². The standard InChI is InChI=1S/C12H12F2O3/c1-7-5-9(3-4-11(15)16)6-10(8(7)2)17-12(13)14/h3-6,12H,1-2H3,(H,15,16)/b4-3+. The number of carboxylic acid groups (broad SMARTS) is 1. The van der Waals surface area contributed by atoms with Crippen LogP contribution in [0.5, 0.6) is 5.75 Å². The van der Waals surface area contributed by atoms with Crippen LogP contribution in [-0.4, -0.2) is 17.7 Å². The number of rotatable bonds is 4. The second kappa shape index (κ2) is 5.43. The topological polar surface area (TPSA) is 46.5 Å². The fourth-order valence-corrected chi connectivity index (χ4v) is 1.34. The summed E-state index contributed by atoms with van der Waals surface area (Å²) in [5, 5.41) is 8.48. The molecule has 0 aliphatic heterocycles. The average Bonchev–Trinajstić information content (AvgIpc) is 2.21. The number of halogens is 2.